The Labute approximate surface area is 156 Å². The molecule has 2 aromatic rings. The molecule has 2 N–H and O–H groups in total. The van der Waals surface area contributed by atoms with Gasteiger partial charge in [-0.1, -0.05) is 30.3 Å². The van der Waals surface area contributed by atoms with E-state index in [1.807, 2.05) is 35.7 Å². The van der Waals surface area contributed by atoms with Gasteiger partial charge < -0.3 is 20.3 Å². The minimum Gasteiger partial charge on any atom is -0.445 e. The summed E-state index contributed by atoms with van der Waals surface area (Å²) in [6, 6.07) is 9.53. The molecule has 1 aliphatic rings. The van der Waals surface area contributed by atoms with Crippen LogP contribution >= 0.6 is 11.3 Å². The first kappa shape index (κ1) is 18.2. The number of nitrogens with one attached hydrogen (secondary N) is 2. The Morgan fingerprint density at radius 2 is 2.00 bits per heavy atom. The van der Waals surface area contributed by atoms with Crippen LogP contribution in [0.25, 0.3) is 0 Å². The van der Waals surface area contributed by atoms with E-state index in [1.165, 1.54) is 0 Å². The van der Waals surface area contributed by atoms with Crippen LogP contribution in [0.5, 0.6) is 0 Å². The lowest BCUT2D eigenvalue weighted by Gasteiger charge is -2.32. The van der Waals surface area contributed by atoms with Crippen molar-refractivity contribution in [2.24, 2.45) is 0 Å². The molecule has 1 aromatic carbocycles. The highest BCUT2D eigenvalue weighted by atomic mass is 32.1. The van der Waals surface area contributed by atoms with E-state index >= 15 is 0 Å². The van der Waals surface area contributed by atoms with Crippen LogP contribution in [-0.2, 0) is 16.1 Å². The number of thiazole rings is 1. The number of anilines is 1. The molecular formula is C18H22N4O3S. The SMILES string of the molecule is O=C(CNC(=O)OCc1ccccc1)NC1CCN(c2nccs2)CC1. The van der Waals surface area contributed by atoms with Crippen LogP contribution in [0.1, 0.15) is 18.4 Å². The average molecular weight is 374 g/mol. The fourth-order valence-corrected chi connectivity index (χ4v) is 3.49. The molecular weight excluding hydrogens is 352 g/mol. The van der Waals surface area contributed by atoms with Crippen LogP contribution in [-0.4, -0.2) is 42.7 Å². The van der Waals surface area contributed by atoms with Gasteiger partial charge in [-0.2, -0.15) is 0 Å². The highest BCUT2D eigenvalue weighted by molar-refractivity contribution is 7.13. The molecule has 1 aliphatic heterocycles. The van der Waals surface area contributed by atoms with Gasteiger partial charge in [0.15, 0.2) is 5.13 Å². The number of carbonyl (C=O) groups excluding carboxylic acids is 2. The molecule has 7 nitrogen and oxygen atoms in total. The molecule has 26 heavy (non-hydrogen) atoms. The predicted octanol–water partition coefficient (Wildman–Crippen LogP) is 2.15. The molecule has 2 heterocycles. The molecule has 138 valence electrons. The molecule has 0 atom stereocenters. The summed E-state index contributed by atoms with van der Waals surface area (Å²) in [6.07, 6.45) is 2.94. The Kier molecular flexibility index (Phi) is 6.43. The molecule has 0 aliphatic carbocycles. The molecule has 3 rings (SSSR count). The van der Waals surface area contributed by atoms with Gasteiger partial charge in [0.25, 0.3) is 0 Å². The van der Waals surface area contributed by atoms with E-state index in [1.54, 1.807) is 17.5 Å². The summed E-state index contributed by atoms with van der Waals surface area (Å²) in [5.74, 6) is -0.200. The molecule has 0 saturated carbocycles. The maximum absolute atomic E-state index is 12.0. The number of hydrogen-bond donors (Lipinski definition) is 2. The van der Waals surface area contributed by atoms with Gasteiger partial charge in [-0.3, -0.25) is 4.79 Å². The smallest absolute Gasteiger partial charge is 0.407 e. The highest BCUT2D eigenvalue weighted by Gasteiger charge is 2.22. The summed E-state index contributed by atoms with van der Waals surface area (Å²) in [5.41, 5.74) is 0.902. The standard InChI is InChI=1S/C18H22N4O3S/c23-16(12-20-18(24)25-13-14-4-2-1-3-5-14)21-15-6-9-22(10-7-15)17-19-8-11-26-17/h1-5,8,11,15H,6-7,9-10,12-13H2,(H,20,24)(H,21,23). The fourth-order valence-electron chi connectivity index (χ4n) is 2.79. The predicted molar refractivity (Wildman–Crippen MR) is 100 cm³/mol. The number of amides is 2. The van der Waals surface area contributed by atoms with Gasteiger partial charge >= 0.3 is 6.09 Å². The molecule has 0 bridgehead atoms. The van der Waals surface area contributed by atoms with Crippen molar-refractivity contribution < 1.29 is 14.3 Å². The van der Waals surface area contributed by atoms with Crippen molar-refractivity contribution in [3.63, 3.8) is 0 Å². The zero-order valence-corrected chi connectivity index (χ0v) is 15.2. The van der Waals surface area contributed by atoms with Crippen molar-refractivity contribution in [2.75, 3.05) is 24.5 Å². The summed E-state index contributed by atoms with van der Waals surface area (Å²) >= 11 is 1.62. The topological polar surface area (TPSA) is 83.6 Å². The van der Waals surface area contributed by atoms with Gasteiger partial charge in [0, 0.05) is 30.7 Å². The van der Waals surface area contributed by atoms with Crippen molar-refractivity contribution >= 4 is 28.5 Å². The summed E-state index contributed by atoms with van der Waals surface area (Å²) in [7, 11) is 0. The number of nitrogens with zero attached hydrogens (tertiary/aromatic N) is 2. The first-order valence-electron chi connectivity index (χ1n) is 8.59. The normalized spacial score (nSPS) is 14.7. The van der Waals surface area contributed by atoms with Crippen LogP contribution in [0.2, 0.25) is 0 Å². The van der Waals surface area contributed by atoms with Crippen LogP contribution in [0.3, 0.4) is 0 Å². The molecule has 1 fully saturated rings. The molecule has 1 saturated heterocycles. The van der Waals surface area contributed by atoms with Crippen molar-refractivity contribution in [1.82, 2.24) is 15.6 Å². The zero-order valence-electron chi connectivity index (χ0n) is 14.4. The van der Waals surface area contributed by atoms with Crippen LogP contribution in [0, 0.1) is 0 Å². The third-order valence-corrected chi connectivity index (χ3v) is 4.99. The number of benzene rings is 1. The Bertz CT molecular complexity index is 700. The number of aromatic nitrogens is 1. The third-order valence-electron chi connectivity index (χ3n) is 4.16. The minimum absolute atomic E-state index is 0.0830. The molecule has 0 radical (unpaired) electrons. The van der Waals surface area contributed by atoms with Crippen molar-refractivity contribution in [2.45, 2.75) is 25.5 Å². The average Bonchev–Trinajstić information content (AvgIpc) is 3.21. The fraction of sp³-hybridized carbons (Fsp3) is 0.389. The first-order valence-corrected chi connectivity index (χ1v) is 9.47. The Morgan fingerprint density at radius 3 is 2.69 bits per heavy atom. The van der Waals surface area contributed by atoms with Crippen molar-refractivity contribution in [1.29, 1.82) is 0 Å². The van der Waals surface area contributed by atoms with Gasteiger partial charge in [0.1, 0.15) is 13.2 Å². The zero-order chi connectivity index (χ0) is 18.2. The maximum atomic E-state index is 12.0. The summed E-state index contributed by atoms with van der Waals surface area (Å²) in [5, 5.41) is 8.43. The van der Waals surface area contributed by atoms with Gasteiger partial charge in [-0.15, -0.1) is 11.3 Å². The van der Waals surface area contributed by atoms with Gasteiger partial charge in [0.2, 0.25) is 5.91 Å². The maximum Gasteiger partial charge on any atom is 0.407 e. The highest BCUT2D eigenvalue weighted by Crippen LogP contribution is 2.21. The van der Waals surface area contributed by atoms with E-state index in [9.17, 15) is 9.59 Å². The number of carbonyl (C=O) groups is 2. The lowest BCUT2D eigenvalue weighted by Crippen LogP contribution is -2.47. The van der Waals surface area contributed by atoms with Crippen molar-refractivity contribution in [3.8, 4) is 0 Å². The van der Waals surface area contributed by atoms with E-state index in [2.05, 4.69) is 20.5 Å². The Hall–Kier alpha value is -2.61. The van der Waals surface area contributed by atoms with E-state index in [0.29, 0.717) is 0 Å². The summed E-state index contributed by atoms with van der Waals surface area (Å²) in [6.45, 7) is 1.83. The number of ether oxygens (including phenoxy) is 1. The van der Waals surface area contributed by atoms with Gasteiger partial charge in [-0.25, -0.2) is 9.78 Å². The van der Waals surface area contributed by atoms with Crippen LogP contribution < -0.4 is 15.5 Å². The van der Waals surface area contributed by atoms with E-state index in [4.69, 9.17) is 4.74 Å². The summed E-state index contributed by atoms with van der Waals surface area (Å²) < 4.78 is 5.08. The van der Waals surface area contributed by atoms with Gasteiger partial charge in [-0.05, 0) is 18.4 Å². The number of piperidine rings is 1. The molecule has 8 heteroatoms. The van der Waals surface area contributed by atoms with E-state index in [-0.39, 0.29) is 25.1 Å². The van der Waals surface area contributed by atoms with E-state index < -0.39 is 6.09 Å². The molecule has 0 spiro atoms. The quantitative estimate of drug-likeness (QED) is 0.810. The lowest BCUT2D eigenvalue weighted by atomic mass is 10.1. The molecule has 1 aromatic heterocycles. The number of rotatable bonds is 6. The lowest BCUT2D eigenvalue weighted by molar-refractivity contribution is -0.121. The summed E-state index contributed by atoms with van der Waals surface area (Å²) in [4.78, 5) is 30.2. The molecule has 0 unspecified atom stereocenters. The molecule has 2 amide bonds. The third kappa shape index (κ3) is 5.45. The van der Waals surface area contributed by atoms with Crippen LogP contribution in [0.15, 0.2) is 41.9 Å². The second kappa shape index (κ2) is 9.19. The monoisotopic (exact) mass is 374 g/mol. The number of alkyl carbamates (subject to hydrolysis) is 1. The second-order valence-electron chi connectivity index (χ2n) is 6.06. The first-order chi connectivity index (χ1) is 12.7. The minimum atomic E-state index is -0.595. The number of hydrogen-bond acceptors (Lipinski definition) is 6. The largest absolute Gasteiger partial charge is 0.445 e. The second-order valence-corrected chi connectivity index (χ2v) is 6.93. The Morgan fingerprint density at radius 1 is 1.23 bits per heavy atom. The van der Waals surface area contributed by atoms with Crippen LogP contribution in [0.4, 0.5) is 9.93 Å². The van der Waals surface area contributed by atoms with Gasteiger partial charge in [0.05, 0.1) is 0 Å². The van der Waals surface area contributed by atoms with Crippen molar-refractivity contribution in [3.05, 3.63) is 47.5 Å². The van der Waals surface area contributed by atoms with E-state index in [0.717, 1.165) is 36.6 Å². The Balaban J connectivity index is 1.31.